The lowest BCUT2D eigenvalue weighted by Crippen LogP contribution is -2.08. The van der Waals surface area contributed by atoms with Crippen LogP contribution in [0, 0.1) is 0 Å². The highest BCUT2D eigenvalue weighted by Gasteiger charge is 2.11. The lowest BCUT2D eigenvalue weighted by molar-refractivity contribution is 0.584. The molecule has 0 saturated carbocycles. The minimum atomic E-state index is 0.515. The van der Waals surface area contributed by atoms with Crippen molar-refractivity contribution in [3.63, 3.8) is 0 Å². The zero-order valence-electron chi connectivity index (χ0n) is 11.7. The van der Waals surface area contributed by atoms with E-state index in [1.165, 1.54) is 0 Å². The number of rotatable bonds is 3. The normalized spacial score (nSPS) is 10.6. The average Bonchev–Trinajstić information content (AvgIpc) is 2.97. The Bertz CT molecular complexity index is 767. The zero-order chi connectivity index (χ0) is 14.8. The van der Waals surface area contributed by atoms with Crippen LogP contribution < -0.4 is 4.90 Å². The molecule has 4 nitrogen and oxygen atoms in total. The molecule has 3 rings (SSSR count). The van der Waals surface area contributed by atoms with Gasteiger partial charge in [0.15, 0.2) is 0 Å². The Balaban J connectivity index is 1.97. The first kappa shape index (κ1) is 13.8. The summed E-state index contributed by atoms with van der Waals surface area (Å²) in [6.45, 7) is 0. The number of hydrogen-bond acceptors (Lipinski definition) is 4. The van der Waals surface area contributed by atoms with E-state index >= 15 is 0 Å². The van der Waals surface area contributed by atoms with Gasteiger partial charge >= 0.3 is 0 Å². The van der Waals surface area contributed by atoms with Gasteiger partial charge in [0.05, 0.1) is 0 Å². The van der Waals surface area contributed by atoms with E-state index in [0.29, 0.717) is 11.8 Å². The fourth-order valence-corrected chi connectivity index (χ4v) is 2.39. The summed E-state index contributed by atoms with van der Waals surface area (Å²) in [5, 5.41) is 8.27. The molecule has 0 bridgehead atoms. The molecule has 5 heteroatoms. The van der Waals surface area contributed by atoms with Gasteiger partial charge in [-0.1, -0.05) is 28.1 Å². The zero-order valence-corrected chi connectivity index (χ0v) is 13.3. The average molecular weight is 344 g/mol. The molecule has 0 aliphatic rings. The van der Waals surface area contributed by atoms with Gasteiger partial charge in [-0.2, -0.15) is 0 Å². The lowest BCUT2D eigenvalue weighted by atomic mass is 10.2. The predicted molar refractivity (Wildman–Crippen MR) is 87.2 cm³/mol. The third-order valence-electron chi connectivity index (χ3n) is 3.11. The summed E-state index contributed by atoms with van der Waals surface area (Å²) in [4.78, 5) is 2.04. The SMILES string of the molecule is CN(C)c1cccc(-c2nnc(-c3cccc(Br)c3)o2)c1. The highest BCUT2D eigenvalue weighted by atomic mass is 79.9. The van der Waals surface area contributed by atoms with Gasteiger partial charge in [-0.15, -0.1) is 10.2 Å². The molecule has 0 unspecified atom stereocenters. The standard InChI is InChI=1S/C16H14BrN3O/c1-20(2)14-8-4-6-12(10-14)16-19-18-15(21-16)11-5-3-7-13(17)9-11/h3-10H,1-2H3. The number of anilines is 1. The Morgan fingerprint density at radius 3 is 2.14 bits per heavy atom. The van der Waals surface area contributed by atoms with Gasteiger partial charge in [-0.05, 0) is 36.4 Å². The molecule has 0 amide bonds. The molecule has 0 aliphatic carbocycles. The fourth-order valence-electron chi connectivity index (χ4n) is 2.00. The molecule has 0 aliphatic heterocycles. The summed E-state index contributed by atoms with van der Waals surface area (Å²) in [6.07, 6.45) is 0. The first-order valence-corrected chi connectivity index (χ1v) is 7.30. The van der Waals surface area contributed by atoms with E-state index in [2.05, 4.69) is 26.1 Å². The van der Waals surface area contributed by atoms with Crippen LogP contribution in [0.15, 0.2) is 57.4 Å². The second-order valence-corrected chi connectivity index (χ2v) is 5.78. The van der Waals surface area contributed by atoms with Crippen molar-refractivity contribution in [2.24, 2.45) is 0 Å². The third-order valence-corrected chi connectivity index (χ3v) is 3.60. The van der Waals surface area contributed by atoms with Crippen LogP contribution in [0.5, 0.6) is 0 Å². The molecule has 106 valence electrons. The van der Waals surface area contributed by atoms with Gasteiger partial charge in [0, 0.05) is 35.4 Å². The Hall–Kier alpha value is -2.14. The first-order valence-electron chi connectivity index (χ1n) is 6.51. The van der Waals surface area contributed by atoms with Crippen LogP contribution in [-0.4, -0.2) is 24.3 Å². The van der Waals surface area contributed by atoms with Crippen molar-refractivity contribution in [1.29, 1.82) is 0 Å². The summed E-state index contributed by atoms with van der Waals surface area (Å²) in [6, 6.07) is 15.8. The van der Waals surface area contributed by atoms with Crippen LogP contribution in [0.4, 0.5) is 5.69 Å². The van der Waals surface area contributed by atoms with Crippen LogP contribution >= 0.6 is 15.9 Å². The van der Waals surface area contributed by atoms with Crippen molar-refractivity contribution in [3.8, 4) is 22.9 Å². The minimum Gasteiger partial charge on any atom is -0.416 e. The van der Waals surface area contributed by atoms with Gasteiger partial charge in [-0.3, -0.25) is 0 Å². The molecule has 0 N–H and O–H groups in total. The maximum Gasteiger partial charge on any atom is 0.248 e. The molecule has 2 aromatic carbocycles. The van der Waals surface area contributed by atoms with Crippen molar-refractivity contribution in [2.45, 2.75) is 0 Å². The smallest absolute Gasteiger partial charge is 0.248 e. The molecule has 1 heterocycles. The highest BCUT2D eigenvalue weighted by molar-refractivity contribution is 9.10. The second kappa shape index (κ2) is 5.69. The fraction of sp³-hybridized carbons (Fsp3) is 0.125. The third kappa shape index (κ3) is 2.97. The van der Waals surface area contributed by atoms with E-state index in [-0.39, 0.29) is 0 Å². The molecule has 0 fully saturated rings. The van der Waals surface area contributed by atoms with Gasteiger partial charge in [0.25, 0.3) is 0 Å². The number of halogens is 1. The number of aromatic nitrogens is 2. The monoisotopic (exact) mass is 343 g/mol. The van der Waals surface area contributed by atoms with E-state index in [1.54, 1.807) is 0 Å². The Kier molecular flexibility index (Phi) is 3.75. The van der Waals surface area contributed by atoms with Gasteiger partial charge < -0.3 is 9.32 Å². The maximum atomic E-state index is 5.78. The quantitative estimate of drug-likeness (QED) is 0.713. The largest absolute Gasteiger partial charge is 0.416 e. The van der Waals surface area contributed by atoms with Crippen molar-refractivity contribution in [1.82, 2.24) is 10.2 Å². The van der Waals surface area contributed by atoms with Crippen LogP contribution in [-0.2, 0) is 0 Å². The molecule has 1 aromatic heterocycles. The van der Waals surface area contributed by atoms with E-state index < -0.39 is 0 Å². The van der Waals surface area contributed by atoms with Gasteiger partial charge in [-0.25, -0.2) is 0 Å². The van der Waals surface area contributed by atoms with E-state index in [9.17, 15) is 0 Å². The van der Waals surface area contributed by atoms with Crippen molar-refractivity contribution in [2.75, 3.05) is 19.0 Å². The van der Waals surface area contributed by atoms with E-state index in [0.717, 1.165) is 21.3 Å². The molecular weight excluding hydrogens is 330 g/mol. The van der Waals surface area contributed by atoms with Crippen molar-refractivity contribution in [3.05, 3.63) is 53.0 Å². The Morgan fingerprint density at radius 1 is 0.905 bits per heavy atom. The molecular formula is C16H14BrN3O. The molecule has 0 saturated heterocycles. The van der Waals surface area contributed by atoms with Crippen molar-refractivity contribution < 1.29 is 4.42 Å². The second-order valence-electron chi connectivity index (χ2n) is 4.87. The molecule has 0 spiro atoms. The summed E-state index contributed by atoms with van der Waals surface area (Å²) in [5.41, 5.74) is 2.90. The van der Waals surface area contributed by atoms with E-state index in [1.807, 2.05) is 67.5 Å². The minimum absolute atomic E-state index is 0.515. The molecule has 0 atom stereocenters. The van der Waals surface area contributed by atoms with Crippen LogP contribution in [0.25, 0.3) is 22.9 Å². The van der Waals surface area contributed by atoms with Gasteiger partial charge in [0.2, 0.25) is 11.8 Å². The summed E-state index contributed by atoms with van der Waals surface area (Å²) in [5.74, 6) is 1.04. The summed E-state index contributed by atoms with van der Waals surface area (Å²) >= 11 is 3.44. The maximum absolute atomic E-state index is 5.78. The van der Waals surface area contributed by atoms with Crippen LogP contribution in [0.1, 0.15) is 0 Å². The van der Waals surface area contributed by atoms with Gasteiger partial charge in [0.1, 0.15) is 0 Å². The van der Waals surface area contributed by atoms with Crippen LogP contribution in [0.2, 0.25) is 0 Å². The topological polar surface area (TPSA) is 42.2 Å². The molecule has 3 aromatic rings. The number of benzene rings is 2. The number of hydrogen-bond donors (Lipinski definition) is 0. The molecule has 0 radical (unpaired) electrons. The Labute approximate surface area is 131 Å². The first-order chi connectivity index (χ1) is 10.1. The highest BCUT2D eigenvalue weighted by Crippen LogP contribution is 2.27. The van der Waals surface area contributed by atoms with Crippen LogP contribution in [0.3, 0.4) is 0 Å². The molecule has 21 heavy (non-hydrogen) atoms. The summed E-state index contributed by atoms with van der Waals surface area (Å²) in [7, 11) is 4.00. The Morgan fingerprint density at radius 2 is 1.52 bits per heavy atom. The van der Waals surface area contributed by atoms with Crippen molar-refractivity contribution >= 4 is 21.6 Å². The van der Waals surface area contributed by atoms with E-state index in [4.69, 9.17) is 4.42 Å². The number of nitrogens with zero attached hydrogens (tertiary/aromatic N) is 3. The summed E-state index contributed by atoms with van der Waals surface area (Å²) < 4.78 is 6.76. The lowest BCUT2D eigenvalue weighted by Gasteiger charge is -2.12. The predicted octanol–water partition coefficient (Wildman–Crippen LogP) is 4.23.